The molecule has 61 heavy (non-hydrogen) atoms. The monoisotopic (exact) mass is 859 g/mol. The van der Waals surface area contributed by atoms with E-state index in [-0.39, 0.29) is 41.5 Å². The number of piperazine rings is 1. The van der Waals surface area contributed by atoms with Crippen LogP contribution in [0.4, 0.5) is 21.6 Å². The van der Waals surface area contributed by atoms with E-state index in [1.807, 2.05) is 6.07 Å². The number of hydrogen-bond donors (Lipinski definition) is 4. The summed E-state index contributed by atoms with van der Waals surface area (Å²) in [5.41, 5.74) is 2.07. The molecular formula is C42H47ClFN9O8. The lowest BCUT2D eigenvalue weighted by atomic mass is 10.0. The molecule has 3 aliphatic heterocycles. The molecule has 17 nitrogen and oxygen atoms in total. The highest BCUT2D eigenvalue weighted by atomic mass is 35.5. The molecule has 1 aromatic heterocycles. The predicted octanol–water partition coefficient (Wildman–Crippen LogP) is 3.60. The number of halogens is 2. The average Bonchev–Trinajstić information content (AvgIpc) is 3.51. The summed E-state index contributed by atoms with van der Waals surface area (Å²) >= 11 is 5.97. The third-order valence-electron chi connectivity index (χ3n) is 10.7. The molecule has 5 amide bonds. The summed E-state index contributed by atoms with van der Waals surface area (Å²) in [6, 6.07) is 11.8. The first-order chi connectivity index (χ1) is 29.6. The fourth-order valence-corrected chi connectivity index (χ4v) is 7.67. The van der Waals surface area contributed by atoms with Gasteiger partial charge in [0.25, 0.3) is 11.8 Å². The average molecular weight is 860 g/mol. The van der Waals surface area contributed by atoms with Gasteiger partial charge in [0.1, 0.15) is 24.0 Å². The first kappa shape index (κ1) is 43.1. The van der Waals surface area contributed by atoms with E-state index in [0.29, 0.717) is 78.9 Å². The van der Waals surface area contributed by atoms with Crippen LogP contribution in [0.3, 0.4) is 0 Å². The maximum absolute atomic E-state index is 13.7. The molecule has 1 atom stereocenters. The van der Waals surface area contributed by atoms with Gasteiger partial charge in [-0.1, -0.05) is 17.7 Å². The first-order valence-corrected chi connectivity index (χ1v) is 20.5. The second-order valence-corrected chi connectivity index (χ2v) is 15.1. The van der Waals surface area contributed by atoms with Gasteiger partial charge in [0.15, 0.2) is 11.5 Å². The van der Waals surface area contributed by atoms with Gasteiger partial charge >= 0.3 is 0 Å². The Kier molecular flexibility index (Phi) is 14.2. The Morgan fingerprint density at radius 1 is 0.934 bits per heavy atom. The van der Waals surface area contributed by atoms with Crippen LogP contribution in [0.2, 0.25) is 5.02 Å². The van der Waals surface area contributed by atoms with Crippen LogP contribution >= 0.6 is 11.6 Å². The van der Waals surface area contributed by atoms with E-state index in [4.69, 9.17) is 25.8 Å². The number of nitrogens with one attached hydrogen (secondary N) is 4. The molecule has 0 saturated carbocycles. The fourth-order valence-electron chi connectivity index (χ4n) is 7.49. The Balaban J connectivity index is 0.755. The van der Waals surface area contributed by atoms with Crippen molar-refractivity contribution >= 4 is 69.2 Å². The van der Waals surface area contributed by atoms with E-state index in [0.717, 1.165) is 44.0 Å². The van der Waals surface area contributed by atoms with Crippen LogP contribution < -0.4 is 30.7 Å². The minimum atomic E-state index is -1.03. The summed E-state index contributed by atoms with van der Waals surface area (Å²) in [6.07, 6.45) is 2.75. The number of rotatable bonds is 19. The molecule has 19 heteroatoms. The summed E-state index contributed by atoms with van der Waals surface area (Å²) in [5.74, 6) is -1.16. The van der Waals surface area contributed by atoms with Crippen molar-refractivity contribution in [3.63, 3.8) is 0 Å². The third kappa shape index (κ3) is 10.5. The van der Waals surface area contributed by atoms with Gasteiger partial charge in [-0.3, -0.25) is 34.2 Å². The van der Waals surface area contributed by atoms with Gasteiger partial charge in [0, 0.05) is 88.0 Å². The number of carbonyl (C=O) groups is 5. The van der Waals surface area contributed by atoms with Crippen molar-refractivity contribution in [1.82, 2.24) is 35.3 Å². The minimum Gasteiger partial charge on any atom is -0.493 e. The number of hydrogen-bond acceptors (Lipinski definition) is 14. The number of methoxy groups -OCH3 is 1. The van der Waals surface area contributed by atoms with E-state index in [1.165, 1.54) is 18.5 Å². The van der Waals surface area contributed by atoms with Crippen LogP contribution in [0.5, 0.6) is 11.5 Å². The molecule has 4 N–H and O–H groups in total. The topological polar surface area (TPSA) is 197 Å². The maximum atomic E-state index is 13.7. The van der Waals surface area contributed by atoms with Crippen molar-refractivity contribution in [2.45, 2.75) is 31.7 Å². The van der Waals surface area contributed by atoms with Crippen molar-refractivity contribution < 1.29 is 42.6 Å². The number of imide groups is 2. The lowest BCUT2D eigenvalue weighted by molar-refractivity contribution is -0.136. The predicted molar refractivity (Wildman–Crippen MR) is 224 cm³/mol. The fraction of sp³-hybridized carbons (Fsp3) is 0.405. The molecule has 4 aromatic rings. The first-order valence-electron chi connectivity index (χ1n) is 20.1. The Morgan fingerprint density at radius 2 is 1.72 bits per heavy atom. The standard InChI is InChI=1S/C42H47ClFN9O8/c1-59-34-24-32-28(39(48-25-47-32)49-26-6-7-30(44)29(43)22-26)23-35(34)61-19-3-13-51-15-17-52(18-16-51)14-10-36(54)46-12-21-60-20-11-45-31-5-2-4-27-38(31)42(58)53(41(27)57)33-8-9-37(55)50-40(33)56/h2,4-7,22-25,33,45H,3,8-21H2,1H3,(H,46,54)(H,47,48,49)(H,50,55,56). The summed E-state index contributed by atoms with van der Waals surface area (Å²) in [6.45, 7) is 6.76. The maximum Gasteiger partial charge on any atom is 0.264 e. The normalized spacial score (nSPS) is 17.0. The molecule has 322 valence electrons. The van der Waals surface area contributed by atoms with E-state index in [9.17, 15) is 28.4 Å². The second-order valence-electron chi connectivity index (χ2n) is 14.7. The van der Waals surface area contributed by atoms with Gasteiger partial charge in [0.05, 0.1) is 48.6 Å². The number of anilines is 3. The number of ether oxygens (including phenoxy) is 3. The zero-order valence-corrected chi connectivity index (χ0v) is 34.4. The lowest BCUT2D eigenvalue weighted by Crippen LogP contribution is -2.54. The molecule has 3 aromatic carbocycles. The van der Waals surface area contributed by atoms with Crippen LogP contribution in [0, 0.1) is 5.82 Å². The lowest BCUT2D eigenvalue weighted by Gasteiger charge is -2.34. The van der Waals surface area contributed by atoms with Gasteiger partial charge in [-0.15, -0.1) is 0 Å². The molecule has 2 saturated heterocycles. The number of fused-ring (bicyclic) bond motifs is 2. The van der Waals surface area contributed by atoms with Gasteiger partial charge in [-0.2, -0.15) is 0 Å². The Bertz CT molecular complexity index is 2290. The van der Waals surface area contributed by atoms with Crippen LogP contribution in [0.1, 0.15) is 46.4 Å². The second kappa shape index (κ2) is 20.1. The molecule has 0 aliphatic carbocycles. The third-order valence-corrected chi connectivity index (χ3v) is 11.0. The van der Waals surface area contributed by atoms with Crippen LogP contribution in [0.15, 0.2) is 54.9 Å². The molecule has 7 rings (SSSR count). The molecular weight excluding hydrogens is 813 g/mol. The number of amides is 5. The van der Waals surface area contributed by atoms with Crippen LogP contribution in [0.25, 0.3) is 10.9 Å². The highest BCUT2D eigenvalue weighted by molar-refractivity contribution is 6.31. The molecule has 2 fully saturated rings. The molecule has 0 radical (unpaired) electrons. The summed E-state index contributed by atoms with van der Waals surface area (Å²) in [4.78, 5) is 77.1. The highest BCUT2D eigenvalue weighted by Gasteiger charge is 2.45. The minimum absolute atomic E-state index is 0.00213. The van der Waals surface area contributed by atoms with Crippen molar-refractivity contribution in [2.24, 2.45) is 0 Å². The highest BCUT2D eigenvalue weighted by Crippen LogP contribution is 2.36. The Morgan fingerprint density at radius 3 is 2.49 bits per heavy atom. The van der Waals surface area contributed by atoms with Crippen molar-refractivity contribution in [3.05, 3.63) is 76.8 Å². The van der Waals surface area contributed by atoms with E-state index in [1.54, 1.807) is 37.4 Å². The summed E-state index contributed by atoms with van der Waals surface area (Å²) in [7, 11) is 1.58. The molecule has 1 unspecified atom stereocenters. The number of nitrogens with zero attached hydrogens (tertiary/aromatic N) is 5. The van der Waals surface area contributed by atoms with Crippen LogP contribution in [-0.2, 0) is 19.1 Å². The Labute approximate surface area is 356 Å². The van der Waals surface area contributed by atoms with Crippen molar-refractivity contribution in [2.75, 3.05) is 89.9 Å². The zero-order chi connectivity index (χ0) is 42.9. The zero-order valence-electron chi connectivity index (χ0n) is 33.6. The van der Waals surface area contributed by atoms with Gasteiger partial charge < -0.3 is 40.0 Å². The number of benzene rings is 3. The molecule has 0 bridgehead atoms. The largest absolute Gasteiger partial charge is 0.493 e. The van der Waals surface area contributed by atoms with Crippen molar-refractivity contribution in [1.29, 1.82) is 0 Å². The van der Waals surface area contributed by atoms with Gasteiger partial charge in [0.2, 0.25) is 17.7 Å². The van der Waals surface area contributed by atoms with E-state index in [2.05, 4.69) is 41.0 Å². The smallest absolute Gasteiger partial charge is 0.264 e. The number of piperidine rings is 1. The van der Waals surface area contributed by atoms with E-state index >= 15 is 0 Å². The van der Waals surface area contributed by atoms with E-state index < -0.39 is 35.5 Å². The van der Waals surface area contributed by atoms with Crippen molar-refractivity contribution in [3.8, 4) is 11.5 Å². The quantitative estimate of drug-likeness (QED) is 0.0789. The summed E-state index contributed by atoms with van der Waals surface area (Å²) < 4.78 is 31.1. The summed E-state index contributed by atoms with van der Waals surface area (Å²) in [5, 5.41) is 12.1. The van der Waals surface area contributed by atoms with Gasteiger partial charge in [-0.05, 0) is 49.2 Å². The molecule has 3 aliphatic rings. The molecule has 0 spiro atoms. The Hall–Kier alpha value is -5.95. The molecule has 4 heterocycles. The van der Waals surface area contributed by atoms with Crippen LogP contribution in [-0.4, -0.2) is 140 Å². The van der Waals surface area contributed by atoms with Gasteiger partial charge in [-0.25, -0.2) is 14.4 Å². The number of aromatic nitrogens is 2. The number of carbonyl (C=O) groups excluding carboxylic acids is 5. The SMILES string of the molecule is COc1cc2ncnc(Nc3ccc(F)c(Cl)c3)c2cc1OCCCN1CCN(CCC(=O)NCCOCCNc2cccc3c2C(=O)N(C2CCC(=O)NC2=O)C3=O)CC1.